The van der Waals surface area contributed by atoms with Crippen LogP contribution in [0, 0.1) is 0 Å². The van der Waals surface area contributed by atoms with Gasteiger partial charge in [-0.2, -0.15) is 5.10 Å². The number of rotatable bonds is 2. The molecule has 7 nitrogen and oxygen atoms in total. The predicted octanol–water partition coefficient (Wildman–Crippen LogP) is 3.85. The third kappa shape index (κ3) is 4.10. The molecule has 1 N–H and O–H groups in total. The fourth-order valence-corrected chi connectivity index (χ4v) is 3.72. The highest BCUT2D eigenvalue weighted by atomic mass is 16.1. The molecule has 1 aliphatic heterocycles. The highest BCUT2D eigenvalue weighted by Crippen LogP contribution is 2.20. The van der Waals surface area contributed by atoms with Crippen molar-refractivity contribution in [3.8, 4) is 0 Å². The molecule has 30 heavy (non-hydrogen) atoms. The van der Waals surface area contributed by atoms with Crippen molar-refractivity contribution in [3.05, 3.63) is 57.8 Å². The molecule has 1 aliphatic rings. The number of aryl methyl sites for hydroxylation is 1. The summed E-state index contributed by atoms with van der Waals surface area (Å²) in [5, 5.41) is 11.6. The molecule has 0 fully saturated rings. The van der Waals surface area contributed by atoms with E-state index >= 15 is 0 Å². The van der Waals surface area contributed by atoms with Gasteiger partial charge in [0.2, 0.25) is 0 Å². The van der Waals surface area contributed by atoms with Crippen molar-refractivity contribution in [3.63, 3.8) is 0 Å². The topological polar surface area (TPSA) is 89.8 Å². The lowest BCUT2D eigenvalue weighted by Crippen LogP contribution is -2.26. The van der Waals surface area contributed by atoms with Crippen LogP contribution in [0.15, 0.2) is 35.1 Å². The maximum absolute atomic E-state index is 12.9. The first-order valence-electron chi connectivity index (χ1n) is 10.5. The van der Waals surface area contributed by atoms with E-state index in [0.29, 0.717) is 28.8 Å². The summed E-state index contributed by atoms with van der Waals surface area (Å²) in [4.78, 5) is 30.4. The van der Waals surface area contributed by atoms with Gasteiger partial charge in [-0.25, -0.2) is 4.98 Å². The van der Waals surface area contributed by atoms with Crippen molar-refractivity contribution >= 4 is 22.6 Å². The number of nitrogens with zero attached hydrogens (tertiary/aromatic N) is 4. The van der Waals surface area contributed by atoms with Gasteiger partial charge < -0.3 is 5.32 Å². The largest absolute Gasteiger partial charge is 0.305 e. The Morgan fingerprint density at radius 1 is 1.03 bits per heavy atom. The molecule has 0 radical (unpaired) electrons. The van der Waals surface area contributed by atoms with Crippen LogP contribution in [0.5, 0.6) is 0 Å². The van der Waals surface area contributed by atoms with Gasteiger partial charge >= 0.3 is 0 Å². The summed E-state index contributed by atoms with van der Waals surface area (Å²) in [5.74, 6) is 0.899. The van der Waals surface area contributed by atoms with Crippen molar-refractivity contribution < 1.29 is 4.79 Å². The van der Waals surface area contributed by atoms with E-state index in [1.165, 1.54) is 0 Å². The van der Waals surface area contributed by atoms with Crippen LogP contribution >= 0.6 is 0 Å². The summed E-state index contributed by atoms with van der Waals surface area (Å²) in [6.07, 6.45) is 5.11. The molecule has 7 heteroatoms. The van der Waals surface area contributed by atoms with Gasteiger partial charge in [-0.05, 0) is 43.2 Å². The monoisotopic (exact) mass is 405 g/mol. The third-order valence-corrected chi connectivity index (χ3v) is 5.50. The van der Waals surface area contributed by atoms with Crippen LogP contribution < -0.4 is 10.9 Å². The van der Waals surface area contributed by atoms with Crippen molar-refractivity contribution in [2.24, 2.45) is 0 Å². The number of aromatic nitrogens is 4. The molecule has 0 aliphatic carbocycles. The highest BCUT2D eigenvalue weighted by Gasteiger charge is 2.17. The summed E-state index contributed by atoms with van der Waals surface area (Å²) >= 11 is 0. The Balaban J connectivity index is 1.62. The third-order valence-electron chi connectivity index (χ3n) is 5.50. The Hall–Kier alpha value is -3.09. The summed E-state index contributed by atoms with van der Waals surface area (Å²) in [5.41, 5.74) is 1.73. The molecule has 3 heterocycles. The highest BCUT2D eigenvalue weighted by molar-refractivity contribution is 6.05. The molecule has 0 atom stereocenters. The Morgan fingerprint density at radius 2 is 1.83 bits per heavy atom. The summed E-state index contributed by atoms with van der Waals surface area (Å²) in [6, 6.07) is 8.65. The molecule has 0 bridgehead atoms. The molecular formula is C23H27N5O2. The van der Waals surface area contributed by atoms with Crippen LogP contribution in [0.25, 0.3) is 10.9 Å². The second kappa shape index (κ2) is 7.97. The zero-order valence-electron chi connectivity index (χ0n) is 17.7. The maximum Gasteiger partial charge on any atom is 0.261 e. The summed E-state index contributed by atoms with van der Waals surface area (Å²) < 4.78 is 1.80. The van der Waals surface area contributed by atoms with Crippen LogP contribution in [-0.4, -0.2) is 25.7 Å². The van der Waals surface area contributed by atoms with Gasteiger partial charge in [-0.15, -0.1) is 5.10 Å². The Morgan fingerprint density at radius 3 is 2.57 bits per heavy atom. The van der Waals surface area contributed by atoms with Gasteiger partial charge in [0.1, 0.15) is 5.82 Å². The molecular weight excluding hydrogens is 378 g/mol. The van der Waals surface area contributed by atoms with Crippen molar-refractivity contribution in [1.29, 1.82) is 0 Å². The molecule has 4 rings (SSSR count). The van der Waals surface area contributed by atoms with Gasteiger partial charge in [0.15, 0.2) is 5.82 Å². The minimum Gasteiger partial charge on any atom is -0.305 e. The molecule has 1 amide bonds. The van der Waals surface area contributed by atoms with Crippen LogP contribution in [0.4, 0.5) is 5.82 Å². The zero-order chi connectivity index (χ0) is 21.3. The first-order valence-corrected chi connectivity index (χ1v) is 10.5. The van der Waals surface area contributed by atoms with E-state index in [1.54, 1.807) is 28.8 Å². The molecule has 156 valence electrons. The Labute approximate surface area is 175 Å². The lowest BCUT2D eigenvalue weighted by molar-refractivity contribution is 0.102. The minimum absolute atomic E-state index is 0.0208. The fourth-order valence-electron chi connectivity index (χ4n) is 3.72. The number of nitrogens with one attached hydrogen (secondary N) is 1. The van der Waals surface area contributed by atoms with E-state index in [-0.39, 0.29) is 16.9 Å². The predicted molar refractivity (Wildman–Crippen MR) is 117 cm³/mol. The maximum atomic E-state index is 12.9. The first kappa shape index (κ1) is 20.2. The lowest BCUT2D eigenvalue weighted by atomic mass is 9.92. The van der Waals surface area contributed by atoms with Crippen LogP contribution in [0.3, 0.4) is 0 Å². The van der Waals surface area contributed by atoms with Gasteiger partial charge in [0.05, 0.1) is 16.6 Å². The summed E-state index contributed by atoms with van der Waals surface area (Å²) in [7, 11) is 0. The molecule has 0 saturated heterocycles. The van der Waals surface area contributed by atoms with E-state index in [9.17, 15) is 9.59 Å². The average molecular weight is 406 g/mol. The van der Waals surface area contributed by atoms with Gasteiger partial charge in [-0.3, -0.25) is 14.2 Å². The fraction of sp³-hybridized carbons (Fsp3) is 0.435. The SMILES string of the molecule is CC(C)(C)c1ccc(NC(=O)c2ccc3c(=O)n4c(nc3c2)CCCCCC4)nn1. The molecule has 0 unspecified atom stereocenters. The quantitative estimate of drug-likeness (QED) is 0.699. The standard InChI is InChI=1S/C23H27N5O2/c1-23(2,3)18-11-12-19(27-26-18)25-21(29)15-9-10-16-17(14-15)24-20-8-6-4-5-7-13-28(20)22(16)30/h9-12,14H,4-8,13H2,1-3H3,(H,25,27,29). The van der Waals surface area contributed by atoms with Crippen molar-refractivity contribution in [2.75, 3.05) is 5.32 Å². The van der Waals surface area contributed by atoms with Crippen LogP contribution in [0.1, 0.15) is 68.3 Å². The van der Waals surface area contributed by atoms with E-state index in [2.05, 4.69) is 36.3 Å². The smallest absolute Gasteiger partial charge is 0.261 e. The number of amides is 1. The lowest BCUT2D eigenvalue weighted by Gasteiger charge is -2.17. The van der Waals surface area contributed by atoms with Crippen LogP contribution in [0.2, 0.25) is 0 Å². The van der Waals surface area contributed by atoms with Crippen molar-refractivity contribution in [2.45, 2.75) is 64.8 Å². The minimum atomic E-state index is -0.302. The van der Waals surface area contributed by atoms with Gasteiger partial charge in [0.25, 0.3) is 11.5 Å². The molecule has 0 spiro atoms. The second-order valence-electron chi connectivity index (χ2n) is 8.89. The zero-order valence-corrected chi connectivity index (χ0v) is 17.7. The number of carbonyl (C=O) groups is 1. The number of fused-ring (bicyclic) bond motifs is 2. The van der Waals surface area contributed by atoms with E-state index in [0.717, 1.165) is 43.6 Å². The normalized spacial score (nSPS) is 14.6. The number of hydrogen-bond acceptors (Lipinski definition) is 5. The van der Waals surface area contributed by atoms with E-state index < -0.39 is 0 Å². The van der Waals surface area contributed by atoms with Gasteiger partial charge in [0, 0.05) is 23.9 Å². The van der Waals surface area contributed by atoms with E-state index in [1.807, 2.05) is 6.07 Å². The first-order chi connectivity index (χ1) is 14.3. The van der Waals surface area contributed by atoms with E-state index in [4.69, 9.17) is 4.98 Å². The molecule has 0 saturated carbocycles. The number of hydrogen-bond donors (Lipinski definition) is 1. The Kier molecular flexibility index (Phi) is 5.37. The van der Waals surface area contributed by atoms with Gasteiger partial charge in [-0.1, -0.05) is 33.6 Å². The molecule has 2 aromatic heterocycles. The molecule has 3 aromatic rings. The molecule has 1 aromatic carbocycles. The second-order valence-corrected chi connectivity index (χ2v) is 8.89. The summed E-state index contributed by atoms with van der Waals surface area (Å²) in [6.45, 7) is 6.88. The number of anilines is 1. The number of benzene rings is 1. The van der Waals surface area contributed by atoms with Crippen LogP contribution in [-0.2, 0) is 18.4 Å². The number of carbonyl (C=O) groups excluding carboxylic acids is 1. The Bertz CT molecular complexity index is 1140. The van der Waals surface area contributed by atoms with Crippen molar-refractivity contribution in [1.82, 2.24) is 19.7 Å². The average Bonchev–Trinajstić information content (AvgIpc) is 2.69.